The Morgan fingerprint density at radius 1 is 1.35 bits per heavy atom. The lowest BCUT2D eigenvalue weighted by atomic mass is 9.89. The third kappa shape index (κ3) is 6.99. The summed E-state index contributed by atoms with van der Waals surface area (Å²) in [5, 5.41) is 3.08. The average Bonchev–Trinajstić information content (AvgIpc) is 2.81. The first-order chi connectivity index (χ1) is 16.2. The van der Waals surface area contributed by atoms with E-state index in [1.807, 2.05) is 38.1 Å². The van der Waals surface area contributed by atoms with E-state index < -0.39 is 24.4 Å². The molecule has 1 N–H and O–H groups in total. The Kier molecular flexibility index (Phi) is 10.4. The van der Waals surface area contributed by atoms with Crippen molar-refractivity contribution in [2.75, 3.05) is 27.2 Å². The van der Waals surface area contributed by atoms with Gasteiger partial charge in [-0.3, -0.25) is 0 Å². The van der Waals surface area contributed by atoms with Crippen molar-refractivity contribution in [1.29, 1.82) is 0 Å². The van der Waals surface area contributed by atoms with Crippen LogP contribution in [0.15, 0.2) is 60.2 Å². The zero-order valence-electron chi connectivity index (χ0n) is 20.2. The molecule has 0 spiro atoms. The van der Waals surface area contributed by atoms with Crippen molar-refractivity contribution >= 4 is 11.6 Å². The van der Waals surface area contributed by atoms with Crippen LogP contribution in [0.2, 0.25) is 0 Å². The van der Waals surface area contributed by atoms with Gasteiger partial charge in [0.1, 0.15) is 11.6 Å². The van der Waals surface area contributed by atoms with Gasteiger partial charge in [-0.25, -0.2) is 13.2 Å². The van der Waals surface area contributed by atoms with Gasteiger partial charge in [0.05, 0.1) is 0 Å². The maximum atomic E-state index is 15.2. The monoisotopic (exact) mass is 470 g/mol. The molecule has 1 aromatic rings. The van der Waals surface area contributed by atoms with Gasteiger partial charge in [-0.05, 0) is 63.7 Å². The highest BCUT2D eigenvalue weighted by molar-refractivity contribution is 5.83. The Morgan fingerprint density at radius 2 is 2.09 bits per heavy atom. The van der Waals surface area contributed by atoms with Gasteiger partial charge < -0.3 is 15.0 Å². The number of allylic oxidation sites excluding steroid dienone is 8. The minimum Gasteiger partial charge on any atom is -0.482 e. The lowest BCUT2D eigenvalue weighted by Gasteiger charge is -2.27. The first-order valence-electron chi connectivity index (χ1n) is 11.2. The first-order valence-corrected chi connectivity index (χ1v) is 11.2. The molecule has 0 saturated carbocycles. The molecule has 2 atom stereocenters. The SMILES string of the molecule is C#CC1=CC=CC/C1=C(\C=C/C)c1cc(OC(C(F)F)C(C)NCCN(C)C)c(C=C)cc1F. The fourth-order valence-corrected chi connectivity index (χ4v) is 3.66. The third-order valence-electron chi connectivity index (χ3n) is 5.50. The maximum absolute atomic E-state index is 15.2. The zero-order chi connectivity index (χ0) is 25.3. The molecule has 1 aliphatic rings. The zero-order valence-corrected chi connectivity index (χ0v) is 20.2. The number of ether oxygens (including phenoxy) is 1. The number of nitrogens with zero attached hydrogens (tertiary/aromatic N) is 1. The van der Waals surface area contributed by atoms with Crippen LogP contribution >= 0.6 is 0 Å². The Morgan fingerprint density at radius 3 is 2.68 bits per heavy atom. The summed E-state index contributed by atoms with van der Waals surface area (Å²) >= 11 is 0. The lowest BCUT2D eigenvalue weighted by molar-refractivity contribution is -0.00653. The Bertz CT molecular complexity index is 1030. The summed E-state index contributed by atoms with van der Waals surface area (Å²) in [6.45, 7) is 8.38. The van der Waals surface area contributed by atoms with Gasteiger partial charge in [0, 0.05) is 35.8 Å². The summed E-state index contributed by atoms with van der Waals surface area (Å²) in [7, 11) is 3.81. The van der Waals surface area contributed by atoms with Crippen LogP contribution in [-0.4, -0.2) is 50.7 Å². The molecule has 0 heterocycles. The summed E-state index contributed by atoms with van der Waals surface area (Å²) in [6.07, 6.45) is 12.6. The molecule has 0 fully saturated rings. The van der Waals surface area contributed by atoms with Crippen LogP contribution in [0.25, 0.3) is 11.6 Å². The average molecular weight is 471 g/mol. The second kappa shape index (κ2) is 13.0. The van der Waals surface area contributed by atoms with Gasteiger partial charge in [0.25, 0.3) is 6.43 Å². The Hall–Kier alpha value is -3.01. The van der Waals surface area contributed by atoms with E-state index in [-0.39, 0.29) is 11.3 Å². The fourth-order valence-electron chi connectivity index (χ4n) is 3.66. The quantitative estimate of drug-likeness (QED) is 0.410. The van der Waals surface area contributed by atoms with E-state index in [2.05, 4.69) is 17.8 Å². The molecule has 2 unspecified atom stereocenters. The second-order valence-electron chi connectivity index (χ2n) is 8.29. The van der Waals surface area contributed by atoms with Gasteiger partial charge in [0.2, 0.25) is 0 Å². The Balaban J connectivity index is 2.52. The first kappa shape index (κ1) is 27.2. The summed E-state index contributed by atoms with van der Waals surface area (Å²) in [5.74, 6) is 2.27. The third-order valence-corrected chi connectivity index (χ3v) is 5.50. The van der Waals surface area contributed by atoms with E-state index in [0.717, 1.165) is 5.57 Å². The van der Waals surface area contributed by atoms with Crippen LogP contribution in [0.3, 0.4) is 0 Å². The number of rotatable bonds is 11. The molecule has 3 nitrogen and oxygen atoms in total. The minimum atomic E-state index is -2.75. The molecule has 0 saturated heterocycles. The molecule has 0 aromatic heterocycles. The number of benzene rings is 1. The van der Waals surface area contributed by atoms with Crippen LogP contribution in [0, 0.1) is 18.2 Å². The molecular weight excluding hydrogens is 437 g/mol. The number of terminal acetylenes is 1. The topological polar surface area (TPSA) is 24.5 Å². The van der Waals surface area contributed by atoms with Gasteiger partial charge in [0.15, 0.2) is 6.10 Å². The van der Waals surface area contributed by atoms with Crippen LogP contribution in [0.1, 0.15) is 31.4 Å². The summed E-state index contributed by atoms with van der Waals surface area (Å²) in [5.41, 5.74) is 2.54. The van der Waals surface area contributed by atoms with Crippen LogP contribution in [0.4, 0.5) is 13.2 Å². The van der Waals surface area contributed by atoms with Gasteiger partial charge in [-0.1, -0.05) is 42.9 Å². The number of likely N-dealkylation sites (N-methyl/N-ethyl adjacent to an activating group) is 1. The van der Waals surface area contributed by atoms with Crippen LogP contribution in [-0.2, 0) is 0 Å². The van der Waals surface area contributed by atoms with Crippen molar-refractivity contribution in [2.45, 2.75) is 38.8 Å². The van der Waals surface area contributed by atoms with Gasteiger partial charge >= 0.3 is 0 Å². The van der Waals surface area contributed by atoms with E-state index in [1.54, 1.807) is 25.2 Å². The molecule has 0 aliphatic heterocycles. The molecule has 6 heteroatoms. The molecule has 1 aromatic carbocycles. The predicted molar refractivity (Wildman–Crippen MR) is 135 cm³/mol. The van der Waals surface area contributed by atoms with Crippen LogP contribution in [0.5, 0.6) is 5.75 Å². The van der Waals surface area contributed by atoms with Crippen molar-refractivity contribution in [1.82, 2.24) is 10.2 Å². The largest absolute Gasteiger partial charge is 0.482 e. The number of hydrogen-bond donors (Lipinski definition) is 1. The van der Waals surface area contributed by atoms with E-state index >= 15 is 4.39 Å². The van der Waals surface area contributed by atoms with Gasteiger partial charge in [-0.2, -0.15) is 0 Å². The minimum absolute atomic E-state index is 0.137. The molecule has 182 valence electrons. The highest BCUT2D eigenvalue weighted by Gasteiger charge is 2.30. The molecule has 2 rings (SSSR count). The molecule has 0 amide bonds. The van der Waals surface area contributed by atoms with Gasteiger partial charge in [-0.15, -0.1) is 6.42 Å². The molecule has 1 aliphatic carbocycles. The number of nitrogens with one attached hydrogen (secondary N) is 1. The van der Waals surface area contributed by atoms with Crippen molar-refractivity contribution in [3.63, 3.8) is 0 Å². The summed E-state index contributed by atoms with van der Waals surface area (Å²) < 4.78 is 49.0. The van der Waals surface area contributed by atoms with Crippen molar-refractivity contribution in [2.24, 2.45) is 0 Å². The van der Waals surface area contributed by atoms with E-state index in [4.69, 9.17) is 11.2 Å². The van der Waals surface area contributed by atoms with E-state index in [1.165, 1.54) is 18.2 Å². The Labute approximate surface area is 201 Å². The number of halogens is 3. The number of alkyl halides is 2. The maximum Gasteiger partial charge on any atom is 0.276 e. The van der Waals surface area contributed by atoms with Crippen molar-refractivity contribution in [3.8, 4) is 18.1 Å². The standard InChI is InChI=1S/C28H33F3N2O/c1-7-12-23(22-14-11-10-13-20(22)8-2)24-18-26(21(9-3)17-25(24)29)34-27(28(30)31)19(4)32-15-16-33(5)6/h2,7,9-13,17-19,27-28,32H,3,14-16H2,1,4-6H3/b12-7-,23-22-. The molecule has 0 bridgehead atoms. The fraction of sp³-hybridized carbons (Fsp3) is 0.357. The smallest absolute Gasteiger partial charge is 0.276 e. The lowest BCUT2D eigenvalue weighted by Crippen LogP contribution is -2.47. The highest BCUT2D eigenvalue weighted by atomic mass is 19.3. The van der Waals surface area contributed by atoms with Crippen molar-refractivity contribution < 1.29 is 17.9 Å². The molecule has 34 heavy (non-hydrogen) atoms. The predicted octanol–water partition coefficient (Wildman–Crippen LogP) is 5.87. The summed E-state index contributed by atoms with van der Waals surface area (Å²) in [6, 6.07) is 2.08. The van der Waals surface area contributed by atoms with Crippen molar-refractivity contribution in [3.05, 3.63) is 77.2 Å². The normalized spacial score (nSPS) is 17.0. The molecule has 0 radical (unpaired) electrons. The summed E-state index contributed by atoms with van der Waals surface area (Å²) in [4.78, 5) is 1.95. The van der Waals surface area contributed by atoms with E-state index in [9.17, 15) is 8.78 Å². The molecular formula is C28H33F3N2O. The van der Waals surface area contributed by atoms with Crippen LogP contribution < -0.4 is 10.1 Å². The number of hydrogen-bond acceptors (Lipinski definition) is 3. The highest BCUT2D eigenvalue weighted by Crippen LogP contribution is 2.35. The van der Waals surface area contributed by atoms with E-state index in [0.29, 0.717) is 36.2 Å². The second-order valence-corrected chi connectivity index (χ2v) is 8.29.